The summed E-state index contributed by atoms with van der Waals surface area (Å²) in [5.41, 5.74) is 9.79. The van der Waals surface area contributed by atoms with Crippen molar-refractivity contribution in [2.45, 2.75) is 27.2 Å². The number of benzene rings is 1. The summed E-state index contributed by atoms with van der Waals surface area (Å²) in [5.74, 6) is 6.26. The van der Waals surface area contributed by atoms with E-state index < -0.39 is 5.91 Å². The van der Waals surface area contributed by atoms with Gasteiger partial charge < -0.3 is 10.5 Å². The Morgan fingerprint density at radius 2 is 1.92 bits per heavy atom. The predicted molar refractivity (Wildman–Crippen MR) is 93.2 cm³/mol. The summed E-state index contributed by atoms with van der Waals surface area (Å²) < 4.78 is 5.70. The van der Waals surface area contributed by atoms with Crippen molar-refractivity contribution in [3.8, 4) is 17.0 Å². The van der Waals surface area contributed by atoms with Crippen LogP contribution in [0.15, 0.2) is 24.3 Å². The number of hydrogen-bond acceptors (Lipinski definition) is 6. The lowest BCUT2D eigenvalue weighted by Crippen LogP contribution is -2.31. The van der Waals surface area contributed by atoms with Gasteiger partial charge in [-0.25, -0.2) is 15.8 Å². The van der Waals surface area contributed by atoms with Crippen LogP contribution < -0.4 is 21.7 Å². The van der Waals surface area contributed by atoms with E-state index in [-0.39, 0.29) is 5.95 Å². The van der Waals surface area contributed by atoms with E-state index >= 15 is 0 Å². The molecule has 0 atom stereocenters. The third-order valence-corrected chi connectivity index (χ3v) is 3.56. The molecule has 2 aromatic rings. The number of ether oxygens (including phenoxy) is 1. The third kappa shape index (κ3) is 4.20. The number of hydrogen-bond donors (Lipinski definition) is 3. The van der Waals surface area contributed by atoms with Gasteiger partial charge in [-0.05, 0) is 43.5 Å². The standard InChI is InChI=1S/C17H23N5O2/c1-10(2)8-9-24-13-6-4-12(5-7-13)15-14(16(23)22-19)11(3)20-17(18)21-15/h4-7,10H,8-9,19H2,1-3H3,(H,22,23)(H2,18,20,21). The SMILES string of the molecule is Cc1nc(N)nc(-c2ccc(OCCC(C)C)cc2)c1C(=O)NN. The topological polar surface area (TPSA) is 116 Å². The Balaban J connectivity index is 2.30. The molecule has 0 aliphatic rings. The number of nitrogens with two attached hydrogens (primary N) is 2. The van der Waals surface area contributed by atoms with Gasteiger partial charge in [0.15, 0.2) is 0 Å². The zero-order valence-electron chi connectivity index (χ0n) is 14.2. The summed E-state index contributed by atoms with van der Waals surface area (Å²) in [4.78, 5) is 20.3. The van der Waals surface area contributed by atoms with Crippen molar-refractivity contribution in [3.63, 3.8) is 0 Å². The molecule has 0 radical (unpaired) electrons. The molecule has 0 aliphatic carbocycles. The van der Waals surface area contributed by atoms with E-state index in [9.17, 15) is 4.79 Å². The second-order valence-electron chi connectivity index (χ2n) is 5.92. The molecule has 24 heavy (non-hydrogen) atoms. The number of carbonyl (C=O) groups is 1. The molecular weight excluding hydrogens is 306 g/mol. The number of anilines is 1. The van der Waals surface area contributed by atoms with Crippen molar-refractivity contribution in [2.75, 3.05) is 12.3 Å². The van der Waals surface area contributed by atoms with Gasteiger partial charge in [-0.2, -0.15) is 0 Å². The summed E-state index contributed by atoms with van der Waals surface area (Å²) in [6, 6.07) is 7.35. The fraction of sp³-hybridized carbons (Fsp3) is 0.353. The number of aryl methyl sites for hydroxylation is 1. The maximum Gasteiger partial charge on any atom is 0.269 e. The molecule has 1 amide bonds. The summed E-state index contributed by atoms with van der Waals surface area (Å²) in [5, 5.41) is 0. The molecule has 1 heterocycles. The van der Waals surface area contributed by atoms with Crippen molar-refractivity contribution in [1.29, 1.82) is 0 Å². The number of carbonyl (C=O) groups excluding carboxylic acids is 1. The Morgan fingerprint density at radius 3 is 2.50 bits per heavy atom. The van der Waals surface area contributed by atoms with E-state index in [1.807, 2.05) is 24.3 Å². The number of nitrogens with zero attached hydrogens (tertiary/aromatic N) is 2. The second-order valence-corrected chi connectivity index (χ2v) is 5.92. The van der Waals surface area contributed by atoms with Crippen molar-refractivity contribution >= 4 is 11.9 Å². The van der Waals surface area contributed by atoms with Crippen molar-refractivity contribution in [3.05, 3.63) is 35.5 Å². The number of nitrogen functional groups attached to an aromatic ring is 2. The van der Waals surface area contributed by atoms with Gasteiger partial charge in [0.2, 0.25) is 5.95 Å². The largest absolute Gasteiger partial charge is 0.494 e. The van der Waals surface area contributed by atoms with E-state index in [0.717, 1.165) is 17.7 Å². The van der Waals surface area contributed by atoms with Gasteiger partial charge in [-0.1, -0.05) is 13.8 Å². The van der Waals surface area contributed by atoms with Gasteiger partial charge in [0.1, 0.15) is 5.75 Å². The fourth-order valence-electron chi connectivity index (χ4n) is 2.27. The average Bonchev–Trinajstić information content (AvgIpc) is 2.54. The third-order valence-electron chi connectivity index (χ3n) is 3.56. The number of hydrazine groups is 1. The second kappa shape index (κ2) is 7.74. The van der Waals surface area contributed by atoms with Crippen LogP contribution in [0.5, 0.6) is 5.75 Å². The van der Waals surface area contributed by atoms with E-state index in [4.69, 9.17) is 16.3 Å². The van der Waals surface area contributed by atoms with Gasteiger partial charge in [0.05, 0.1) is 23.6 Å². The van der Waals surface area contributed by atoms with Crippen LogP contribution in [0.4, 0.5) is 5.95 Å². The lowest BCUT2D eigenvalue weighted by atomic mass is 10.0. The molecule has 5 N–H and O–H groups in total. The van der Waals surface area contributed by atoms with Crippen LogP contribution in [0.3, 0.4) is 0 Å². The van der Waals surface area contributed by atoms with Gasteiger partial charge in [-0.15, -0.1) is 0 Å². The first-order valence-corrected chi connectivity index (χ1v) is 7.80. The van der Waals surface area contributed by atoms with Gasteiger partial charge in [0, 0.05) is 5.56 Å². The highest BCUT2D eigenvalue weighted by molar-refractivity contribution is 6.00. The highest BCUT2D eigenvalue weighted by Crippen LogP contribution is 2.26. The zero-order chi connectivity index (χ0) is 17.7. The number of amides is 1. The van der Waals surface area contributed by atoms with Crippen LogP contribution in [0.25, 0.3) is 11.3 Å². The monoisotopic (exact) mass is 329 g/mol. The van der Waals surface area contributed by atoms with Crippen LogP contribution in [-0.4, -0.2) is 22.5 Å². The van der Waals surface area contributed by atoms with Gasteiger partial charge >= 0.3 is 0 Å². The first kappa shape index (κ1) is 17.7. The first-order chi connectivity index (χ1) is 11.4. The fourth-order valence-corrected chi connectivity index (χ4v) is 2.27. The van der Waals surface area contributed by atoms with E-state index in [1.165, 1.54) is 0 Å². The lowest BCUT2D eigenvalue weighted by Gasteiger charge is -2.12. The quantitative estimate of drug-likeness (QED) is 0.424. The Hall–Kier alpha value is -2.67. The molecule has 1 aromatic carbocycles. The minimum atomic E-state index is -0.459. The molecule has 2 rings (SSSR count). The Morgan fingerprint density at radius 1 is 1.25 bits per heavy atom. The lowest BCUT2D eigenvalue weighted by molar-refractivity contribution is 0.0953. The van der Waals surface area contributed by atoms with E-state index in [0.29, 0.717) is 29.5 Å². The molecule has 128 valence electrons. The Labute approximate surface area is 141 Å². The van der Waals surface area contributed by atoms with Crippen LogP contribution >= 0.6 is 0 Å². The molecule has 7 nitrogen and oxygen atoms in total. The van der Waals surface area contributed by atoms with E-state index in [1.54, 1.807) is 6.92 Å². The maximum absolute atomic E-state index is 12.0. The number of aromatic nitrogens is 2. The molecule has 0 saturated heterocycles. The van der Waals surface area contributed by atoms with Crippen LogP contribution in [-0.2, 0) is 0 Å². The minimum Gasteiger partial charge on any atom is -0.494 e. The highest BCUT2D eigenvalue weighted by atomic mass is 16.5. The van der Waals surface area contributed by atoms with Crippen molar-refractivity contribution < 1.29 is 9.53 Å². The average molecular weight is 329 g/mol. The summed E-state index contributed by atoms with van der Waals surface area (Å²) in [7, 11) is 0. The minimum absolute atomic E-state index is 0.105. The summed E-state index contributed by atoms with van der Waals surface area (Å²) in [6.07, 6.45) is 0.990. The van der Waals surface area contributed by atoms with Crippen molar-refractivity contribution in [1.82, 2.24) is 15.4 Å². The van der Waals surface area contributed by atoms with Crippen LogP contribution in [0.2, 0.25) is 0 Å². The number of rotatable bonds is 6. The van der Waals surface area contributed by atoms with Gasteiger partial charge in [-0.3, -0.25) is 10.2 Å². The maximum atomic E-state index is 12.0. The normalized spacial score (nSPS) is 10.7. The Kier molecular flexibility index (Phi) is 5.70. The van der Waals surface area contributed by atoms with Gasteiger partial charge in [0.25, 0.3) is 5.91 Å². The van der Waals surface area contributed by atoms with Crippen LogP contribution in [0, 0.1) is 12.8 Å². The smallest absolute Gasteiger partial charge is 0.269 e. The van der Waals surface area contributed by atoms with E-state index in [2.05, 4.69) is 29.2 Å². The highest BCUT2D eigenvalue weighted by Gasteiger charge is 2.18. The van der Waals surface area contributed by atoms with Crippen LogP contribution in [0.1, 0.15) is 36.3 Å². The molecular formula is C17H23N5O2. The summed E-state index contributed by atoms with van der Waals surface area (Å²) >= 11 is 0. The molecule has 0 bridgehead atoms. The molecule has 0 aliphatic heterocycles. The van der Waals surface area contributed by atoms with Crippen molar-refractivity contribution in [2.24, 2.45) is 11.8 Å². The molecule has 1 aromatic heterocycles. The molecule has 0 fully saturated rings. The first-order valence-electron chi connectivity index (χ1n) is 7.80. The zero-order valence-corrected chi connectivity index (χ0v) is 14.2. The predicted octanol–water partition coefficient (Wildman–Crippen LogP) is 2.06. The summed E-state index contributed by atoms with van der Waals surface area (Å²) in [6.45, 7) is 6.66. The number of nitrogens with one attached hydrogen (secondary N) is 1. The molecule has 0 spiro atoms. The molecule has 7 heteroatoms. The Bertz CT molecular complexity index is 714. The molecule has 0 unspecified atom stereocenters. The molecule has 0 saturated carbocycles.